The molecule has 1 aromatic rings. The average molecular weight is 413 g/mol. The summed E-state index contributed by atoms with van der Waals surface area (Å²) in [7, 11) is 0. The van der Waals surface area contributed by atoms with Crippen LogP contribution in [-0.4, -0.2) is 41.9 Å². The van der Waals surface area contributed by atoms with Gasteiger partial charge in [0.1, 0.15) is 0 Å². The predicted molar refractivity (Wildman–Crippen MR) is 103 cm³/mol. The number of likely N-dealkylation sites (tertiary alicyclic amines) is 1. The van der Waals surface area contributed by atoms with Gasteiger partial charge in [0.05, 0.1) is 16.6 Å². The van der Waals surface area contributed by atoms with Crippen molar-refractivity contribution in [2.45, 2.75) is 44.6 Å². The third-order valence-electron chi connectivity index (χ3n) is 5.06. The zero-order chi connectivity index (χ0) is 19.4. The van der Waals surface area contributed by atoms with Crippen molar-refractivity contribution in [3.63, 3.8) is 0 Å². The lowest BCUT2D eigenvalue weighted by molar-refractivity contribution is -0.151. The molecule has 0 radical (unpaired) electrons. The van der Waals surface area contributed by atoms with Crippen molar-refractivity contribution in [2.24, 2.45) is 5.92 Å². The van der Waals surface area contributed by atoms with E-state index in [0.29, 0.717) is 22.3 Å². The van der Waals surface area contributed by atoms with Crippen molar-refractivity contribution >= 4 is 46.7 Å². The second kappa shape index (κ2) is 8.93. The van der Waals surface area contributed by atoms with Gasteiger partial charge < -0.3 is 15.0 Å². The number of carbonyl (C=O) groups is 3. The largest absolute Gasteiger partial charge is 0.455 e. The maximum atomic E-state index is 12.3. The smallest absolute Gasteiger partial charge is 0.311 e. The third kappa shape index (κ3) is 5.14. The number of anilines is 1. The predicted octanol–water partition coefficient (Wildman–Crippen LogP) is 3.66. The standard InChI is InChI=1S/C19H22Cl2N2O4/c20-13-6-7-15(21)16(9-13)22-17(24)11-27-19(26)12-8-18(25)23(10-12)14-4-2-1-3-5-14/h6-7,9,12,14H,1-5,8,10-11H2,(H,22,24)/t12-/m0/s1. The first-order valence-corrected chi connectivity index (χ1v) is 9.90. The lowest BCUT2D eigenvalue weighted by Gasteiger charge is -2.31. The number of ether oxygens (including phenoxy) is 1. The van der Waals surface area contributed by atoms with E-state index >= 15 is 0 Å². The Hall–Kier alpha value is -1.79. The Labute approximate surface area is 168 Å². The molecule has 0 spiro atoms. The van der Waals surface area contributed by atoms with Crippen LogP contribution < -0.4 is 5.32 Å². The van der Waals surface area contributed by atoms with E-state index in [2.05, 4.69) is 5.32 Å². The lowest BCUT2D eigenvalue weighted by atomic mass is 9.94. The quantitative estimate of drug-likeness (QED) is 0.748. The first kappa shape index (κ1) is 20.0. The number of benzene rings is 1. The molecule has 2 fully saturated rings. The Kier molecular flexibility index (Phi) is 6.60. The molecule has 6 nitrogen and oxygen atoms in total. The fraction of sp³-hybridized carbons (Fsp3) is 0.526. The first-order chi connectivity index (χ1) is 12.9. The van der Waals surface area contributed by atoms with E-state index in [4.69, 9.17) is 27.9 Å². The van der Waals surface area contributed by atoms with Crippen molar-refractivity contribution in [3.8, 4) is 0 Å². The number of amides is 2. The maximum absolute atomic E-state index is 12.3. The van der Waals surface area contributed by atoms with E-state index in [1.54, 1.807) is 12.1 Å². The maximum Gasteiger partial charge on any atom is 0.311 e. The van der Waals surface area contributed by atoms with Crippen LogP contribution in [0.4, 0.5) is 5.69 Å². The molecule has 1 aliphatic carbocycles. The van der Waals surface area contributed by atoms with Gasteiger partial charge in [-0.15, -0.1) is 0 Å². The summed E-state index contributed by atoms with van der Waals surface area (Å²) < 4.78 is 5.11. The second-order valence-electron chi connectivity index (χ2n) is 7.02. The molecule has 1 N–H and O–H groups in total. The highest BCUT2D eigenvalue weighted by molar-refractivity contribution is 6.35. The molecule has 1 saturated carbocycles. The monoisotopic (exact) mass is 412 g/mol. The Balaban J connectivity index is 1.48. The number of nitrogens with zero attached hydrogens (tertiary/aromatic N) is 1. The summed E-state index contributed by atoms with van der Waals surface area (Å²) in [5.41, 5.74) is 0.352. The van der Waals surface area contributed by atoms with Crippen molar-refractivity contribution in [3.05, 3.63) is 28.2 Å². The van der Waals surface area contributed by atoms with Crippen LogP contribution in [0.3, 0.4) is 0 Å². The summed E-state index contributed by atoms with van der Waals surface area (Å²) in [6.45, 7) is -0.0557. The summed E-state index contributed by atoms with van der Waals surface area (Å²) >= 11 is 11.9. The van der Waals surface area contributed by atoms with Crippen LogP contribution in [0.25, 0.3) is 0 Å². The van der Waals surface area contributed by atoms with E-state index in [0.717, 1.165) is 25.7 Å². The highest BCUT2D eigenvalue weighted by Crippen LogP contribution is 2.29. The molecule has 1 atom stereocenters. The summed E-state index contributed by atoms with van der Waals surface area (Å²) in [6.07, 6.45) is 5.59. The van der Waals surface area contributed by atoms with Gasteiger partial charge in [0.25, 0.3) is 5.91 Å². The molecule has 2 amide bonds. The topological polar surface area (TPSA) is 75.7 Å². The van der Waals surface area contributed by atoms with Gasteiger partial charge in [-0.1, -0.05) is 42.5 Å². The number of hydrogen-bond donors (Lipinski definition) is 1. The van der Waals surface area contributed by atoms with Gasteiger partial charge in [-0.3, -0.25) is 14.4 Å². The Morgan fingerprint density at radius 2 is 1.93 bits per heavy atom. The zero-order valence-corrected chi connectivity index (χ0v) is 16.4. The minimum absolute atomic E-state index is 0.000916. The van der Waals surface area contributed by atoms with Crippen molar-refractivity contribution in [1.29, 1.82) is 0 Å². The van der Waals surface area contributed by atoms with E-state index in [-0.39, 0.29) is 18.4 Å². The molecule has 1 aliphatic heterocycles. The minimum Gasteiger partial charge on any atom is -0.455 e. The molecule has 0 bridgehead atoms. The number of rotatable bonds is 5. The SMILES string of the molecule is O=C(COC(=O)[C@H]1CC(=O)N(C2CCCCC2)C1)Nc1cc(Cl)ccc1Cl. The van der Waals surface area contributed by atoms with Crippen LogP contribution in [0.2, 0.25) is 10.0 Å². The van der Waals surface area contributed by atoms with E-state index in [1.807, 2.05) is 4.90 Å². The summed E-state index contributed by atoms with van der Waals surface area (Å²) in [5, 5.41) is 3.32. The number of halogens is 2. The molecule has 27 heavy (non-hydrogen) atoms. The number of nitrogens with one attached hydrogen (secondary N) is 1. The van der Waals surface area contributed by atoms with Crippen molar-refractivity contribution in [1.82, 2.24) is 4.90 Å². The fourth-order valence-corrected chi connectivity index (χ4v) is 4.01. The molecule has 0 unspecified atom stereocenters. The fourth-order valence-electron chi connectivity index (χ4n) is 3.67. The van der Waals surface area contributed by atoms with E-state index < -0.39 is 24.4 Å². The molecule has 2 aliphatic rings. The normalized spacial score (nSPS) is 20.6. The Morgan fingerprint density at radius 3 is 2.67 bits per heavy atom. The van der Waals surface area contributed by atoms with Gasteiger partial charge in [0, 0.05) is 24.0 Å². The van der Waals surface area contributed by atoms with Crippen LogP contribution in [0, 0.1) is 5.92 Å². The van der Waals surface area contributed by atoms with Crippen LogP contribution >= 0.6 is 23.2 Å². The van der Waals surface area contributed by atoms with Gasteiger partial charge in [-0.25, -0.2) is 0 Å². The highest BCUT2D eigenvalue weighted by atomic mass is 35.5. The van der Waals surface area contributed by atoms with Gasteiger partial charge in [0.15, 0.2) is 6.61 Å². The van der Waals surface area contributed by atoms with E-state index in [1.165, 1.54) is 12.5 Å². The van der Waals surface area contributed by atoms with Gasteiger partial charge >= 0.3 is 5.97 Å². The Bertz CT molecular complexity index is 734. The molecule has 3 rings (SSSR count). The van der Waals surface area contributed by atoms with Gasteiger partial charge in [-0.2, -0.15) is 0 Å². The second-order valence-corrected chi connectivity index (χ2v) is 7.86. The number of hydrogen-bond acceptors (Lipinski definition) is 4. The summed E-state index contributed by atoms with van der Waals surface area (Å²) in [6, 6.07) is 4.92. The average Bonchev–Trinajstić information content (AvgIpc) is 3.05. The lowest BCUT2D eigenvalue weighted by Crippen LogP contribution is -2.38. The molecule has 1 saturated heterocycles. The van der Waals surface area contributed by atoms with Crippen LogP contribution in [-0.2, 0) is 19.1 Å². The molecule has 1 aromatic carbocycles. The summed E-state index contributed by atoms with van der Waals surface area (Å²) in [4.78, 5) is 38.3. The van der Waals surface area contributed by atoms with Gasteiger partial charge in [0.2, 0.25) is 5.91 Å². The molecule has 1 heterocycles. The molecule has 8 heteroatoms. The van der Waals surface area contributed by atoms with Gasteiger partial charge in [-0.05, 0) is 31.0 Å². The molecular weight excluding hydrogens is 391 g/mol. The summed E-state index contributed by atoms with van der Waals surface area (Å²) in [5.74, 6) is -1.55. The third-order valence-corrected chi connectivity index (χ3v) is 5.62. The zero-order valence-electron chi connectivity index (χ0n) is 14.9. The Morgan fingerprint density at radius 1 is 1.19 bits per heavy atom. The molecular formula is C19H22Cl2N2O4. The highest BCUT2D eigenvalue weighted by Gasteiger charge is 2.39. The molecule has 146 valence electrons. The minimum atomic E-state index is -0.519. The first-order valence-electron chi connectivity index (χ1n) is 9.15. The van der Waals surface area contributed by atoms with Crippen LogP contribution in [0.15, 0.2) is 18.2 Å². The van der Waals surface area contributed by atoms with E-state index in [9.17, 15) is 14.4 Å². The van der Waals surface area contributed by atoms with Crippen molar-refractivity contribution < 1.29 is 19.1 Å². The number of esters is 1. The van der Waals surface area contributed by atoms with Crippen LogP contribution in [0.5, 0.6) is 0 Å². The van der Waals surface area contributed by atoms with Crippen molar-refractivity contribution in [2.75, 3.05) is 18.5 Å². The molecule has 0 aromatic heterocycles. The number of carbonyl (C=O) groups excluding carboxylic acids is 3. The van der Waals surface area contributed by atoms with Crippen LogP contribution in [0.1, 0.15) is 38.5 Å².